The first-order chi connectivity index (χ1) is 10.4. The van der Waals surface area contributed by atoms with E-state index in [0.717, 1.165) is 24.3 Å². The summed E-state index contributed by atoms with van der Waals surface area (Å²) in [6.07, 6.45) is 13.3. The van der Waals surface area contributed by atoms with Gasteiger partial charge in [-0.25, -0.2) is 4.79 Å². The van der Waals surface area contributed by atoms with Crippen molar-refractivity contribution in [2.24, 2.45) is 11.3 Å². The van der Waals surface area contributed by atoms with Gasteiger partial charge < -0.3 is 4.74 Å². The highest BCUT2D eigenvalue weighted by molar-refractivity contribution is 5.85. The maximum Gasteiger partial charge on any atom is 0.331 e. The van der Waals surface area contributed by atoms with E-state index in [1.54, 1.807) is 11.6 Å². The molecule has 0 aromatic heterocycles. The van der Waals surface area contributed by atoms with Gasteiger partial charge in [-0.15, -0.1) is 0 Å². The van der Waals surface area contributed by atoms with Crippen molar-refractivity contribution in [1.82, 2.24) is 0 Å². The maximum absolute atomic E-state index is 11.0. The number of hydrogen-bond acceptors (Lipinski definition) is 2. The largest absolute Gasteiger partial charge is 0.458 e. The molecule has 0 unspecified atom stereocenters. The third-order valence-electron chi connectivity index (χ3n) is 5.76. The molecule has 0 bridgehead atoms. The van der Waals surface area contributed by atoms with Crippen LogP contribution >= 0.6 is 0 Å². The average Bonchev–Trinajstić information content (AvgIpc) is 2.88. The van der Waals surface area contributed by atoms with Crippen LogP contribution in [0.15, 0.2) is 34.9 Å². The molecular weight excluding hydrogens is 272 g/mol. The second-order valence-electron chi connectivity index (χ2n) is 7.28. The van der Waals surface area contributed by atoms with Gasteiger partial charge in [-0.3, -0.25) is 0 Å². The third-order valence-corrected chi connectivity index (χ3v) is 5.76. The van der Waals surface area contributed by atoms with E-state index in [2.05, 4.69) is 39.8 Å². The van der Waals surface area contributed by atoms with Gasteiger partial charge in [-0.2, -0.15) is 0 Å². The molecule has 0 aromatic rings. The van der Waals surface area contributed by atoms with Gasteiger partial charge in [0.25, 0.3) is 0 Å². The molecule has 1 aliphatic carbocycles. The third kappa shape index (κ3) is 4.12. The molecule has 2 aliphatic rings. The predicted octanol–water partition coefficient (Wildman–Crippen LogP) is 5.36. The Morgan fingerprint density at radius 2 is 2.27 bits per heavy atom. The molecule has 2 heteroatoms. The first-order valence-electron chi connectivity index (χ1n) is 8.61. The Bertz CT molecular complexity index is 510. The van der Waals surface area contributed by atoms with Crippen molar-refractivity contribution in [1.29, 1.82) is 0 Å². The van der Waals surface area contributed by atoms with E-state index in [4.69, 9.17) is 4.74 Å². The smallest absolute Gasteiger partial charge is 0.331 e. The maximum atomic E-state index is 11.0. The van der Waals surface area contributed by atoms with Crippen molar-refractivity contribution in [3.63, 3.8) is 0 Å². The van der Waals surface area contributed by atoms with Gasteiger partial charge in [0.15, 0.2) is 0 Å². The van der Waals surface area contributed by atoms with Gasteiger partial charge in [-0.05, 0) is 69.3 Å². The Hall–Kier alpha value is -1.31. The molecule has 0 N–H and O–H groups in total. The normalized spacial score (nSPS) is 29.2. The predicted molar refractivity (Wildman–Crippen MR) is 91.5 cm³/mol. The zero-order valence-electron chi connectivity index (χ0n) is 14.6. The van der Waals surface area contributed by atoms with Crippen molar-refractivity contribution in [2.45, 2.75) is 66.2 Å². The summed E-state index contributed by atoms with van der Waals surface area (Å²) < 4.78 is 4.93. The summed E-state index contributed by atoms with van der Waals surface area (Å²) in [7, 11) is 0. The molecule has 2 nitrogen and oxygen atoms in total. The lowest BCUT2D eigenvalue weighted by Gasteiger charge is -2.40. The lowest BCUT2D eigenvalue weighted by atomic mass is 9.65. The molecule has 0 saturated carbocycles. The van der Waals surface area contributed by atoms with Crippen molar-refractivity contribution in [3.8, 4) is 0 Å². The van der Waals surface area contributed by atoms with Gasteiger partial charge >= 0.3 is 5.97 Å². The molecule has 22 heavy (non-hydrogen) atoms. The molecule has 0 fully saturated rings. The van der Waals surface area contributed by atoms with Gasteiger partial charge in [0.1, 0.15) is 6.61 Å². The summed E-state index contributed by atoms with van der Waals surface area (Å²) in [5.41, 5.74) is 4.53. The highest BCUT2D eigenvalue weighted by atomic mass is 16.5. The quantitative estimate of drug-likeness (QED) is 0.488. The van der Waals surface area contributed by atoms with Crippen LogP contribution < -0.4 is 0 Å². The van der Waals surface area contributed by atoms with Crippen molar-refractivity contribution in [3.05, 3.63) is 34.9 Å². The Morgan fingerprint density at radius 3 is 2.91 bits per heavy atom. The molecule has 122 valence electrons. The van der Waals surface area contributed by atoms with Crippen molar-refractivity contribution in [2.75, 3.05) is 6.61 Å². The highest BCUT2D eigenvalue weighted by Crippen LogP contribution is 2.45. The van der Waals surface area contributed by atoms with Gasteiger partial charge in [0.2, 0.25) is 0 Å². The summed E-state index contributed by atoms with van der Waals surface area (Å²) in [6.45, 7) is 9.87. The fourth-order valence-electron chi connectivity index (χ4n) is 3.55. The SMILES string of the molecule is CC1=CCC[C@@H](C)[C@@]1(C)CC/C(C)=C/CCC1=CC(=O)OC1. The topological polar surface area (TPSA) is 26.3 Å². The van der Waals surface area contributed by atoms with Gasteiger partial charge in [0.05, 0.1) is 0 Å². The zero-order chi connectivity index (χ0) is 16.2. The van der Waals surface area contributed by atoms with E-state index in [-0.39, 0.29) is 5.97 Å². The lowest BCUT2D eigenvalue weighted by Crippen LogP contribution is -2.29. The van der Waals surface area contributed by atoms with Crippen LogP contribution in [0, 0.1) is 11.3 Å². The monoisotopic (exact) mass is 302 g/mol. The van der Waals surface area contributed by atoms with Crippen LogP contribution in [0.2, 0.25) is 0 Å². The van der Waals surface area contributed by atoms with E-state index < -0.39 is 0 Å². The summed E-state index contributed by atoms with van der Waals surface area (Å²) in [5.74, 6) is 0.592. The minimum atomic E-state index is -0.183. The molecule has 1 aliphatic heterocycles. The minimum absolute atomic E-state index is 0.183. The molecule has 0 spiro atoms. The Kier molecular flexibility index (Phi) is 5.66. The van der Waals surface area contributed by atoms with Crippen molar-refractivity contribution >= 4 is 5.97 Å². The first kappa shape index (κ1) is 17.1. The second-order valence-corrected chi connectivity index (χ2v) is 7.28. The number of carbonyl (C=O) groups excluding carboxylic acids is 1. The number of esters is 1. The van der Waals surface area contributed by atoms with Gasteiger partial charge in [0, 0.05) is 6.08 Å². The standard InChI is InChI=1S/C20H30O2/c1-15(7-5-10-18-13-19(21)22-14-18)11-12-20(4)16(2)8-6-9-17(20)3/h7-8,13,17H,5-6,9-12,14H2,1-4H3/b15-7+/t17-,20+/m1/s1. The van der Waals surface area contributed by atoms with Gasteiger partial charge in [-0.1, -0.05) is 37.1 Å². The number of ether oxygens (including phenoxy) is 1. The molecule has 0 radical (unpaired) electrons. The van der Waals surface area contributed by atoms with E-state index in [9.17, 15) is 4.79 Å². The number of cyclic esters (lactones) is 1. The minimum Gasteiger partial charge on any atom is -0.458 e. The Balaban J connectivity index is 1.81. The summed E-state index contributed by atoms with van der Waals surface area (Å²) in [4.78, 5) is 11.0. The summed E-state index contributed by atoms with van der Waals surface area (Å²) >= 11 is 0. The molecule has 0 saturated heterocycles. The molecule has 0 amide bonds. The van der Waals surface area contributed by atoms with E-state index in [1.165, 1.54) is 31.3 Å². The number of hydrogen-bond donors (Lipinski definition) is 0. The van der Waals surface area contributed by atoms with Crippen LogP contribution in [-0.2, 0) is 9.53 Å². The van der Waals surface area contributed by atoms with Crippen LogP contribution in [0.4, 0.5) is 0 Å². The average molecular weight is 302 g/mol. The number of rotatable bonds is 6. The van der Waals surface area contributed by atoms with Crippen LogP contribution in [-0.4, -0.2) is 12.6 Å². The van der Waals surface area contributed by atoms with Crippen molar-refractivity contribution < 1.29 is 9.53 Å². The molecule has 0 aromatic carbocycles. The highest BCUT2D eigenvalue weighted by Gasteiger charge is 2.34. The Morgan fingerprint density at radius 1 is 1.50 bits per heavy atom. The summed E-state index contributed by atoms with van der Waals surface area (Å²) in [6, 6.07) is 0. The summed E-state index contributed by atoms with van der Waals surface area (Å²) in [5, 5.41) is 0. The number of allylic oxidation sites excluding steroid dienone is 4. The number of carbonyl (C=O) groups is 1. The van der Waals surface area contributed by atoms with E-state index in [0.29, 0.717) is 12.0 Å². The molecule has 2 rings (SSSR count). The fraction of sp³-hybridized carbons (Fsp3) is 0.650. The zero-order valence-corrected chi connectivity index (χ0v) is 14.6. The van der Waals surface area contributed by atoms with Crippen LogP contribution in [0.5, 0.6) is 0 Å². The van der Waals surface area contributed by atoms with Crippen LogP contribution in [0.3, 0.4) is 0 Å². The first-order valence-corrected chi connectivity index (χ1v) is 8.61. The van der Waals surface area contributed by atoms with E-state index >= 15 is 0 Å². The molecular formula is C20H30O2. The molecule has 1 heterocycles. The molecule has 2 atom stereocenters. The Labute approximate surface area is 135 Å². The van der Waals surface area contributed by atoms with Crippen LogP contribution in [0.1, 0.15) is 66.2 Å². The second kappa shape index (κ2) is 7.30. The fourth-order valence-corrected chi connectivity index (χ4v) is 3.55. The van der Waals surface area contributed by atoms with Crippen LogP contribution in [0.25, 0.3) is 0 Å². The lowest BCUT2D eigenvalue weighted by molar-refractivity contribution is -0.134. The van der Waals surface area contributed by atoms with E-state index in [1.807, 2.05) is 0 Å².